The summed E-state index contributed by atoms with van der Waals surface area (Å²) in [7, 11) is 0. The lowest BCUT2D eigenvalue weighted by molar-refractivity contribution is 0.433. The number of aromatic hydroxyl groups is 1. The smallest absolute Gasteiger partial charge is 0.258 e. The number of hydrogen-bond donors (Lipinski definition) is 3. The summed E-state index contributed by atoms with van der Waals surface area (Å²) in [5, 5.41) is 11.7. The Hall–Kier alpha value is -3.25. The minimum atomic E-state index is -0.755. The Morgan fingerprint density at radius 2 is 1.86 bits per heavy atom. The Kier molecular flexibility index (Phi) is 4.59. The summed E-state index contributed by atoms with van der Waals surface area (Å²) in [6, 6.07) is 9.25. The highest BCUT2D eigenvalue weighted by molar-refractivity contribution is 6.13. The minimum Gasteiger partial charge on any atom is -0.504 e. The first-order valence-electron chi connectivity index (χ1n) is 9.47. The summed E-state index contributed by atoms with van der Waals surface area (Å²) < 4.78 is 14.9. The Morgan fingerprint density at radius 1 is 1.17 bits per heavy atom. The number of aryl methyl sites for hydroxylation is 2. The third kappa shape index (κ3) is 2.87. The average Bonchev–Trinajstić information content (AvgIpc) is 2.73. The van der Waals surface area contributed by atoms with E-state index in [4.69, 9.17) is 5.73 Å². The summed E-state index contributed by atoms with van der Waals surface area (Å²) in [5.41, 5.74) is 9.14. The second kappa shape index (κ2) is 6.97. The highest BCUT2D eigenvalue weighted by Gasteiger charge is 2.22. The number of hydrogen-bond acceptors (Lipinski definition) is 4. The molecular weight excluding hydrogens is 369 g/mol. The fraction of sp³-hybridized carbons (Fsp3) is 0.217. The van der Waals surface area contributed by atoms with Crippen LogP contribution >= 0.6 is 0 Å². The highest BCUT2D eigenvalue weighted by atomic mass is 19.1. The van der Waals surface area contributed by atoms with Gasteiger partial charge in [-0.1, -0.05) is 31.2 Å². The number of aromatic amines is 1. The van der Waals surface area contributed by atoms with Gasteiger partial charge in [-0.15, -0.1) is 0 Å². The molecular formula is C23H22FN3O2. The molecule has 0 saturated carbocycles. The Labute approximate surface area is 167 Å². The zero-order chi connectivity index (χ0) is 20.9. The molecule has 0 saturated heterocycles. The molecule has 0 aliphatic rings. The van der Waals surface area contributed by atoms with Crippen molar-refractivity contribution in [3.8, 4) is 16.9 Å². The van der Waals surface area contributed by atoms with Crippen LogP contribution in [0.4, 0.5) is 4.39 Å². The third-order valence-electron chi connectivity index (χ3n) is 5.63. The van der Waals surface area contributed by atoms with Gasteiger partial charge in [-0.25, -0.2) is 4.39 Å². The second-order valence-corrected chi connectivity index (χ2v) is 7.48. The van der Waals surface area contributed by atoms with Crippen molar-refractivity contribution in [3.05, 3.63) is 69.4 Å². The van der Waals surface area contributed by atoms with Crippen molar-refractivity contribution in [2.24, 2.45) is 5.73 Å². The van der Waals surface area contributed by atoms with Crippen molar-refractivity contribution in [3.63, 3.8) is 0 Å². The molecule has 0 fully saturated rings. The van der Waals surface area contributed by atoms with Gasteiger partial charge in [-0.3, -0.25) is 9.78 Å². The topological polar surface area (TPSA) is 92.0 Å². The van der Waals surface area contributed by atoms with Crippen LogP contribution in [-0.2, 0) is 0 Å². The second-order valence-electron chi connectivity index (χ2n) is 7.48. The molecule has 0 aliphatic carbocycles. The molecule has 0 radical (unpaired) electrons. The molecule has 2 aromatic heterocycles. The van der Waals surface area contributed by atoms with Crippen molar-refractivity contribution in [1.82, 2.24) is 9.97 Å². The monoisotopic (exact) mass is 391 g/mol. The van der Waals surface area contributed by atoms with Gasteiger partial charge in [0.1, 0.15) is 0 Å². The van der Waals surface area contributed by atoms with Crippen LogP contribution in [0.1, 0.15) is 29.5 Å². The molecule has 0 amide bonds. The van der Waals surface area contributed by atoms with E-state index < -0.39 is 11.6 Å². The molecule has 148 valence electrons. The van der Waals surface area contributed by atoms with Crippen LogP contribution in [0.15, 0.2) is 41.3 Å². The summed E-state index contributed by atoms with van der Waals surface area (Å²) in [6.07, 6.45) is 1.61. The van der Waals surface area contributed by atoms with Crippen LogP contribution in [0.5, 0.6) is 5.75 Å². The normalized spacial score (nSPS) is 12.6. The minimum absolute atomic E-state index is 0.178. The van der Waals surface area contributed by atoms with E-state index in [1.165, 1.54) is 6.92 Å². The zero-order valence-corrected chi connectivity index (χ0v) is 16.5. The van der Waals surface area contributed by atoms with E-state index in [0.717, 1.165) is 11.1 Å². The van der Waals surface area contributed by atoms with Crippen molar-refractivity contribution in [2.75, 3.05) is 6.54 Å². The number of aromatic nitrogens is 2. The number of pyridine rings is 2. The standard InChI is InChI=1S/C23H22FN3O2/c1-11-8-9-26-21-16(11)23(29)27-20-13(3)19(24)22(28)17(18(20)21)15-6-4-14(5-7-15)12(2)10-25/h4-9,12,28H,10,25H2,1-3H3,(H,27,29). The highest BCUT2D eigenvalue weighted by Crippen LogP contribution is 2.42. The number of nitrogens with one attached hydrogen (secondary N) is 1. The fourth-order valence-electron chi connectivity index (χ4n) is 3.83. The lowest BCUT2D eigenvalue weighted by atomic mass is 9.92. The van der Waals surface area contributed by atoms with Gasteiger partial charge in [0.25, 0.3) is 5.56 Å². The molecule has 1 unspecified atom stereocenters. The molecule has 29 heavy (non-hydrogen) atoms. The van der Waals surface area contributed by atoms with Gasteiger partial charge in [-0.05, 0) is 49.1 Å². The van der Waals surface area contributed by atoms with Gasteiger partial charge in [0.15, 0.2) is 11.6 Å². The van der Waals surface area contributed by atoms with E-state index in [0.29, 0.717) is 39.5 Å². The number of benzene rings is 2. The first kappa shape index (κ1) is 19.1. The van der Waals surface area contributed by atoms with Gasteiger partial charge >= 0.3 is 0 Å². The van der Waals surface area contributed by atoms with Gasteiger partial charge < -0.3 is 15.8 Å². The van der Waals surface area contributed by atoms with E-state index >= 15 is 0 Å². The third-order valence-corrected chi connectivity index (χ3v) is 5.63. The molecule has 2 aromatic carbocycles. The maximum absolute atomic E-state index is 14.9. The van der Waals surface area contributed by atoms with Crippen molar-refractivity contribution < 1.29 is 9.50 Å². The van der Waals surface area contributed by atoms with Gasteiger partial charge in [0.2, 0.25) is 0 Å². The van der Waals surface area contributed by atoms with Gasteiger partial charge in [-0.2, -0.15) is 0 Å². The van der Waals surface area contributed by atoms with Gasteiger partial charge in [0.05, 0.1) is 16.4 Å². The van der Waals surface area contributed by atoms with Crippen LogP contribution in [0.25, 0.3) is 32.9 Å². The van der Waals surface area contributed by atoms with Crippen molar-refractivity contribution >= 4 is 21.8 Å². The van der Waals surface area contributed by atoms with Crippen molar-refractivity contribution in [2.45, 2.75) is 26.7 Å². The molecule has 0 aliphatic heterocycles. The number of phenolic OH excluding ortho intramolecular Hbond substituents is 1. The SMILES string of the molecule is Cc1c(F)c(O)c(-c2ccc(C(C)CN)cc2)c2c1[nH]c(=O)c1c(C)ccnc12. The van der Waals surface area contributed by atoms with E-state index in [1.54, 1.807) is 12.3 Å². The summed E-state index contributed by atoms with van der Waals surface area (Å²) in [5.74, 6) is -1.02. The number of halogens is 1. The number of fused-ring (bicyclic) bond motifs is 3. The average molecular weight is 391 g/mol. The summed E-state index contributed by atoms with van der Waals surface area (Å²) in [4.78, 5) is 19.9. The molecule has 2 heterocycles. The largest absolute Gasteiger partial charge is 0.504 e. The van der Waals surface area contributed by atoms with E-state index in [1.807, 2.05) is 38.1 Å². The Balaban J connectivity index is 2.16. The van der Waals surface area contributed by atoms with Crippen LogP contribution < -0.4 is 11.3 Å². The molecule has 4 rings (SSSR count). The van der Waals surface area contributed by atoms with Crippen LogP contribution in [-0.4, -0.2) is 21.6 Å². The zero-order valence-electron chi connectivity index (χ0n) is 16.5. The molecule has 1 atom stereocenters. The summed E-state index contributed by atoms with van der Waals surface area (Å²) in [6.45, 7) is 5.90. The summed E-state index contributed by atoms with van der Waals surface area (Å²) >= 11 is 0. The number of H-pyrrole nitrogens is 1. The van der Waals surface area contributed by atoms with E-state index in [-0.39, 0.29) is 17.0 Å². The molecule has 0 spiro atoms. The predicted octanol–water partition coefficient (Wildman–Crippen LogP) is 4.27. The predicted molar refractivity (Wildman–Crippen MR) is 114 cm³/mol. The quantitative estimate of drug-likeness (QED) is 0.455. The fourth-order valence-corrected chi connectivity index (χ4v) is 3.83. The molecule has 0 bridgehead atoms. The number of phenols is 1. The number of rotatable bonds is 3. The van der Waals surface area contributed by atoms with E-state index in [9.17, 15) is 14.3 Å². The Morgan fingerprint density at radius 3 is 2.52 bits per heavy atom. The van der Waals surface area contributed by atoms with Crippen LogP contribution in [0.3, 0.4) is 0 Å². The van der Waals surface area contributed by atoms with Crippen molar-refractivity contribution in [1.29, 1.82) is 0 Å². The first-order chi connectivity index (χ1) is 13.8. The van der Waals surface area contributed by atoms with Crippen LogP contribution in [0.2, 0.25) is 0 Å². The lowest BCUT2D eigenvalue weighted by Gasteiger charge is -2.16. The first-order valence-corrected chi connectivity index (χ1v) is 9.47. The Bertz CT molecular complexity index is 1310. The van der Waals surface area contributed by atoms with Crippen LogP contribution in [0, 0.1) is 19.7 Å². The molecule has 4 aromatic rings. The maximum atomic E-state index is 14.9. The van der Waals surface area contributed by atoms with E-state index in [2.05, 4.69) is 9.97 Å². The number of nitrogens with two attached hydrogens (primary N) is 1. The molecule has 4 N–H and O–H groups in total. The molecule has 5 nitrogen and oxygen atoms in total. The number of nitrogens with zero attached hydrogens (tertiary/aromatic N) is 1. The van der Waals surface area contributed by atoms with Gasteiger partial charge in [0, 0.05) is 22.7 Å². The molecule has 6 heteroatoms. The maximum Gasteiger partial charge on any atom is 0.258 e. The lowest BCUT2D eigenvalue weighted by Crippen LogP contribution is -2.11.